The van der Waals surface area contributed by atoms with Crippen molar-refractivity contribution in [3.05, 3.63) is 114 Å². The van der Waals surface area contributed by atoms with Crippen molar-refractivity contribution in [1.82, 2.24) is 0 Å². The van der Waals surface area contributed by atoms with Crippen LogP contribution in [0.4, 0.5) is 5.69 Å². The van der Waals surface area contributed by atoms with Gasteiger partial charge in [0, 0.05) is 11.1 Å². The highest BCUT2D eigenvalue weighted by Gasteiger charge is 2.50. The third kappa shape index (κ3) is 2.58. The van der Waals surface area contributed by atoms with E-state index in [2.05, 4.69) is 5.32 Å². The number of fused-ring (bicyclic) bond motifs is 1. The highest BCUT2D eigenvalue weighted by Crippen LogP contribution is 2.50. The highest BCUT2D eigenvalue weighted by atomic mass is 16.3. The zero-order chi connectivity index (χ0) is 20.7. The number of anilines is 1. The van der Waals surface area contributed by atoms with Crippen molar-refractivity contribution >= 4 is 11.6 Å². The third-order valence-electron chi connectivity index (χ3n) is 5.73. The van der Waals surface area contributed by atoms with Gasteiger partial charge in [-0.25, -0.2) is 0 Å². The van der Waals surface area contributed by atoms with Crippen molar-refractivity contribution in [3.63, 3.8) is 0 Å². The van der Waals surface area contributed by atoms with E-state index in [4.69, 9.17) is 0 Å². The van der Waals surface area contributed by atoms with Crippen LogP contribution in [-0.2, 0) is 10.2 Å². The number of amides is 1. The number of benzene rings is 4. The van der Waals surface area contributed by atoms with Crippen LogP contribution >= 0.6 is 0 Å². The van der Waals surface area contributed by atoms with Crippen LogP contribution in [0.25, 0.3) is 11.1 Å². The van der Waals surface area contributed by atoms with Gasteiger partial charge in [0.1, 0.15) is 16.9 Å². The first-order valence-electron chi connectivity index (χ1n) is 9.70. The van der Waals surface area contributed by atoms with Crippen molar-refractivity contribution in [2.24, 2.45) is 0 Å². The highest BCUT2D eigenvalue weighted by molar-refractivity contribution is 6.14. The number of phenols is 2. The fourth-order valence-electron chi connectivity index (χ4n) is 4.35. The standard InChI is InChI=1S/C26H19NO3/c28-20-13-9-18(10-14-20)26(19-11-15-21(29)16-12-19)23-8-4-7-22(24(23)27-25(26)30)17-5-2-1-3-6-17/h1-16,28-29H,(H,27,30). The summed E-state index contributed by atoms with van der Waals surface area (Å²) in [5.74, 6) is 0.102. The van der Waals surface area contributed by atoms with Crippen LogP contribution in [0.3, 0.4) is 0 Å². The number of nitrogens with one attached hydrogen (secondary N) is 1. The first kappa shape index (κ1) is 18.0. The van der Waals surface area contributed by atoms with Gasteiger partial charge in [-0.2, -0.15) is 0 Å². The van der Waals surface area contributed by atoms with Gasteiger partial charge in [0.2, 0.25) is 5.91 Å². The lowest BCUT2D eigenvalue weighted by atomic mass is 9.70. The zero-order valence-electron chi connectivity index (χ0n) is 16.0. The summed E-state index contributed by atoms with van der Waals surface area (Å²) in [5.41, 5.74) is 3.96. The van der Waals surface area contributed by atoms with Crippen LogP contribution in [0, 0.1) is 0 Å². The average molecular weight is 393 g/mol. The average Bonchev–Trinajstić information content (AvgIpc) is 3.08. The van der Waals surface area contributed by atoms with Gasteiger partial charge in [0.05, 0.1) is 5.69 Å². The van der Waals surface area contributed by atoms with E-state index in [-0.39, 0.29) is 17.4 Å². The molecule has 1 amide bonds. The molecule has 0 bridgehead atoms. The fraction of sp³-hybridized carbons (Fsp3) is 0.0385. The van der Waals surface area contributed by atoms with Crippen molar-refractivity contribution in [3.8, 4) is 22.6 Å². The van der Waals surface area contributed by atoms with Crippen molar-refractivity contribution < 1.29 is 15.0 Å². The fourth-order valence-corrected chi connectivity index (χ4v) is 4.35. The number of para-hydroxylation sites is 1. The molecule has 3 N–H and O–H groups in total. The normalized spacial score (nSPS) is 14.2. The monoisotopic (exact) mass is 393 g/mol. The number of aromatic hydroxyl groups is 2. The van der Waals surface area contributed by atoms with Crippen LogP contribution in [0.5, 0.6) is 11.5 Å². The lowest BCUT2D eigenvalue weighted by molar-refractivity contribution is -0.118. The minimum atomic E-state index is -1.10. The Morgan fingerprint density at radius 2 is 1.20 bits per heavy atom. The van der Waals surface area contributed by atoms with Crippen molar-refractivity contribution in [1.29, 1.82) is 0 Å². The van der Waals surface area contributed by atoms with Crippen molar-refractivity contribution in [2.75, 3.05) is 5.32 Å². The number of rotatable bonds is 3. The lowest BCUT2D eigenvalue weighted by Gasteiger charge is -2.29. The molecule has 4 heteroatoms. The Morgan fingerprint density at radius 1 is 0.633 bits per heavy atom. The molecule has 1 aliphatic heterocycles. The molecule has 4 aromatic rings. The topological polar surface area (TPSA) is 69.6 Å². The maximum absolute atomic E-state index is 13.7. The summed E-state index contributed by atoms with van der Waals surface area (Å²) < 4.78 is 0. The number of carbonyl (C=O) groups excluding carboxylic acids is 1. The second kappa shape index (κ2) is 6.78. The molecule has 5 rings (SSSR count). The van der Waals surface area contributed by atoms with Gasteiger partial charge in [-0.1, -0.05) is 72.8 Å². The molecule has 0 aliphatic carbocycles. The van der Waals surface area contributed by atoms with Crippen LogP contribution in [0.1, 0.15) is 16.7 Å². The molecule has 4 nitrogen and oxygen atoms in total. The molecule has 0 fully saturated rings. The van der Waals surface area contributed by atoms with Gasteiger partial charge in [-0.15, -0.1) is 0 Å². The molecule has 1 aliphatic rings. The predicted octanol–water partition coefficient (Wildman–Crippen LogP) is 5.05. The van der Waals surface area contributed by atoms with E-state index in [1.165, 1.54) is 0 Å². The minimum absolute atomic E-state index is 0.135. The summed E-state index contributed by atoms with van der Waals surface area (Å²) in [5, 5.41) is 22.7. The zero-order valence-corrected chi connectivity index (χ0v) is 16.0. The molecule has 0 saturated carbocycles. The second-order valence-electron chi connectivity index (χ2n) is 7.39. The number of carbonyl (C=O) groups is 1. The van der Waals surface area contributed by atoms with E-state index < -0.39 is 5.41 Å². The summed E-state index contributed by atoms with van der Waals surface area (Å²) in [6.45, 7) is 0. The molecule has 0 radical (unpaired) electrons. The first-order chi connectivity index (χ1) is 14.6. The van der Waals surface area contributed by atoms with Gasteiger partial charge >= 0.3 is 0 Å². The molecule has 146 valence electrons. The van der Waals surface area contributed by atoms with E-state index in [1.54, 1.807) is 48.5 Å². The molecule has 0 atom stereocenters. The molecule has 0 unspecified atom stereocenters. The predicted molar refractivity (Wildman–Crippen MR) is 117 cm³/mol. The van der Waals surface area contributed by atoms with Crippen LogP contribution in [0.2, 0.25) is 0 Å². The molecule has 0 saturated heterocycles. The Kier molecular flexibility index (Phi) is 4.07. The van der Waals surface area contributed by atoms with E-state index in [1.807, 2.05) is 48.5 Å². The van der Waals surface area contributed by atoms with Gasteiger partial charge in [0.25, 0.3) is 0 Å². The van der Waals surface area contributed by atoms with Gasteiger partial charge < -0.3 is 15.5 Å². The Bertz CT molecular complexity index is 1180. The Hall–Kier alpha value is -4.05. The van der Waals surface area contributed by atoms with Crippen LogP contribution < -0.4 is 5.32 Å². The summed E-state index contributed by atoms with van der Waals surface area (Å²) in [4.78, 5) is 13.7. The van der Waals surface area contributed by atoms with Crippen LogP contribution in [-0.4, -0.2) is 16.1 Å². The number of hydrogen-bond acceptors (Lipinski definition) is 3. The molecule has 1 heterocycles. The van der Waals surface area contributed by atoms with E-state index >= 15 is 0 Å². The van der Waals surface area contributed by atoms with E-state index in [0.29, 0.717) is 0 Å². The van der Waals surface area contributed by atoms with Gasteiger partial charge in [0.15, 0.2) is 0 Å². The SMILES string of the molecule is O=C1Nc2c(-c3ccccc3)cccc2C1(c1ccc(O)cc1)c1ccc(O)cc1. The largest absolute Gasteiger partial charge is 0.508 e. The molecule has 0 spiro atoms. The van der Waals surface area contributed by atoms with Crippen molar-refractivity contribution in [2.45, 2.75) is 5.41 Å². The van der Waals surface area contributed by atoms with E-state index in [0.717, 1.165) is 33.5 Å². The summed E-state index contributed by atoms with van der Waals surface area (Å²) in [7, 11) is 0. The Balaban J connectivity index is 1.83. The maximum Gasteiger partial charge on any atom is 0.244 e. The quantitative estimate of drug-likeness (QED) is 0.456. The molecular weight excluding hydrogens is 374 g/mol. The Morgan fingerprint density at radius 3 is 1.77 bits per heavy atom. The minimum Gasteiger partial charge on any atom is -0.508 e. The smallest absolute Gasteiger partial charge is 0.244 e. The number of phenolic OH excluding ortho intramolecular Hbond substituents is 2. The summed E-state index contributed by atoms with van der Waals surface area (Å²) >= 11 is 0. The molecule has 30 heavy (non-hydrogen) atoms. The van der Waals surface area contributed by atoms with E-state index in [9.17, 15) is 15.0 Å². The van der Waals surface area contributed by atoms with Crippen LogP contribution in [0.15, 0.2) is 97.1 Å². The summed E-state index contributed by atoms with van der Waals surface area (Å²) in [6, 6.07) is 29.3. The second-order valence-corrected chi connectivity index (χ2v) is 7.39. The van der Waals surface area contributed by atoms with Gasteiger partial charge in [-0.3, -0.25) is 4.79 Å². The lowest BCUT2D eigenvalue weighted by Crippen LogP contribution is -2.36. The number of hydrogen-bond donors (Lipinski definition) is 3. The summed E-state index contributed by atoms with van der Waals surface area (Å²) in [6.07, 6.45) is 0. The molecular formula is C26H19NO3. The molecule has 0 aromatic heterocycles. The Labute approximate surface area is 174 Å². The third-order valence-corrected chi connectivity index (χ3v) is 5.73. The maximum atomic E-state index is 13.7. The van der Waals surface area contributed by atoms with Gasteiger partial charge in [-0.05, 0) is 41.0 Å². The first-order valence-corrected chi connectivity index (χ1v) is 9.70. The molecule has 4 aromatic carbocycles.